The van der Waals surface area contributed by atoms with E-state index in [1.807, 2.05) is 24.3 Å². The van der Waals surface area contributed by atoms with E-state index in [2.05, 4.69) is 6.92 Å². The normalized spacial score (nSPS) is 17.5. The van der Waals surface area contributed by atoms with E-state index in [1.54, 1.807) is 11.0 Å². The number of ketones is 1. The van der Waals surface area contributed by atoms with Crippen molar-refractivity contribution in [2.45, 2.75) is 57.8 Å². The number of nitrogens with zero attached hydrogens (tertiary/aromatic N) is 1. The fourth-order valence-electron chi connectivity index (χ4n) is 5.55. The van der Waals surface area contributed by atoms with Crippen molar-refractivity contribution in [1.82, 2.24) is 4.90 Å². The SMILES string of the molecule is CCC1CCC(N(Cc2cc(-c3ccc(C(=O)C(F)(F)F)cc3)ccc2F)C(=O)c2sc3ccccc3c2Cl)CC1. The average molecular weight is 602 g/mol. The first-order valence-electron chi connectivity index (χ1n) is 13.5. The van der Waals surface area contributed by atoms with Gasteiger partial charge in [-0.3, -0.25) is 9.59 Å². The fraction of sp³-hybridized carbons (Fsp3) is 0.312. The largest absolute Gasteiger partial charge is 0.454 e. The second kappa shape index (κ2) is 11.9. The number of fused-ring (bicyclic) bond motifs is 1. The summed E-state index contributed by atoms with van der Waals surface area (Å²) in [6.07, 6.45) is -0.306. The molecule has 0 N–H and O–H groups in total. The Morgan fingerprint density at radius 2 is 1.61 bits per heavy atom. The van der Waals surface area contributed by atoms with E-state index in [-0.39, 0.29) is 18.5 Å². The summed E-state index contributed by atoms with van der Waals surface area (Å²) >= 11 is 8.00. The summed E-state index contributed by atoms with van der Waals surface area (Å²) in [4.78, 5) is 27.8. The Bertz CT molecular complexity index is 1570. The third-order valence-electron chi connectivity index (χ3n) is 7.95. The zero-order chi connectivity index (χ0) is 29.3. The van der Waals surface area contributed by atoms with Crippen molar-refractivity contribution in [3.63, 3.8) is 0 Å². The van der Waals surface area contributed by atoms with E-state index in [1.165, 1.54) is 35.6 Å². The zero-order valence-corrected chi connectivity index (χ0v) is 23.9. The van der Waals surface area contributed by atoms with Crippen LogP contribution in [0.15, 0.2) is 66.7 Å². The summed E-state index contributed by atoms with van der Waals surface area (Å²) < 4.78 is 54.6. The molecule has 3 nitrogen and oxygen atoms in total. The topological polar surface area (TPSA) is 37.4 Å². The Hall–Kier alpha value is -3.23. The van der Waals surface area contributed by atoms with Crippen LogP contribution in [0, 0.1) is 11.7 Å². The third-order valence-corrected chi connectivity index (χ3v) is 9.61. The van der Waals surface area contributed by atoms with Gasteiger partial charge >= 0.3 is 6.18 Å². The Labute approximate surface area is 244 Å². The summed E-state index contributed by atoms with van der Waals surface area (Å²) in [6.45, 7) is 2.19. The van der Waals surface area contributed by atoms with Crippen LogP contribution in [-0.4, -0.2) is 28.8 Å². The molecule has 1 aliphatic carbocycles. The Balaban J connectivity index is 1.47. The highest BCUT2D eigenvalue weighted by Crippen LogP contribution is 2.38. The molecule has 0 unspecified atom stereocenters. The van der Waals surface area contributed by atoms with Crippen LogP contribution in [0.3, 0.4) is 0 Å². The van der Waals surface area contributed by atoms with E-state index in [0.29, 0.717) is 32.5 Å². The zero-order valence-electron chi connectivity index (χ0n) is 22.3. The third kappa shape index (κ3) is 6.19. The van der Waals surface area contributed by atoms with Gasteiger partial charge in [-0.2, -0.15) is 13.2 Å². The molecule has 0 bridgehead atoms. The van der Waals surface area contributed by atoms with Gasteiger partial charge in [0, 0.05) is 33.8 Å². The van der Waals surface area contributed by atoms with Crippen molar-refractivity contribution in [3.05, 3.63) is 93.6 Å². The molecule has 1 aliphatic rings. The maximum absolute atomic E-state index is 15.2. The van der Waals surface area contributed by atoms with Crippen LogP contribution in [0.1, 0.15) is 64.6 Å². The molecule has 5 rings (SSSR count). The predicted molar refractivity (Wildman–Crippen MR) is 155 cm³/mol. The van der Waals surface area contributed by atoms with Gasteiger partial charge < -0.3 is 4.90 Å². The van der Waals surface area contributed by atoms with Crippen molar-refractivity contribution in [2.24, 2.45) is 5.92 Å². The van der Waals surface area contributed by atoms with E-state index in [4.69, 9.17) is 11.6 Å². The van der Waals surface area contributed by atoms with Crippen LogP contribution in [0.5, 0.6) is 0 Å². The number of rotatable bonds is 7. The summed E-state index contributed by atoms with van der Waals surface area (Å²) in [5.74, 6) is -2.05. The first kappa shape index (κ1) is 29.3. The number of carbonyl (C=O) groups is 2. The predicted octanol–water partition coefficient (Wildman–Crippen LogP) is 9.72. The van der Waals surface area contributed by atoms with Crippen LogP contribution >= 0.6 is 22.9 Å². The van der Waals surface area contributed by atoms with Crippen molar-refractivity contribution < 1.29 is 27.2 Å². The van der Waals surface area contributed by atoms with Crippen LogP contribution in [0.2, 0.25) is 5.02 Å². The van der Waals surface area contributed by atoms with Gasteiger partial charge in [-0.15, -0.1) is 11.3 Å². The molecule has 0 radical (unpaired) electrons. The van der Waals surface area contributed by atoms with Gasteiger partial charge in [-0.1, -0.05) is 73.5 Å². The van der Waals surface area contributed by atoms with E-state index >= 15 is 4.39 Å². The molecule has 0 saturated heterocycles. The van der Waals surface area contributed by atoms with Gasteiger partial charge in [0.15, 0.2) is 0 Å². The molecule has 1 fully saturated rings. The smallest absolute Gasteiger partial charge is 0.330 e. The molecule has 9 heteroatoms. The number of halogens is 5. The van der Waals surface area contributed by atoms with Gasteiger partial charge in [0.1, 0.15) is 10.7 Å². The molecule has 1 aromatic heterocycles. The van der Waals surface area contributed by atoms with Gasteiger partial charge in [0.2, 0.25) is 0 Å². The van der Waals surface area contributed by atoms with Gasteiger partial charge in [0.25, 0.3) is 11.7 Å². The summed E-state index contributed by atoms with van der Waals surface area (Å²) in [7, 11) is 0. The van der Waals surface area contributed by atoms with E-state index < -0.39 is 23.3 Å². The number of hydrogen-bond acceptors (Lipinski definition) is 3. The number of thiophene rings is 1. The summed E-state index contributed by atoms with van der Waals surface area (Å²) in [6, 6.07) is 16.9. The van der Waals surface area contributed by atoms with Crippen molar-refractivity contribution in [2.75, 3.05) is 0 Å². The van der Waals surface area contributed by atoms with Gasteiger partial charge in [-0.25, -0.2) is 4.39 Å². The molecule has 3 aromatic carbocycles. The second-order valence-electron chi connectivity index (χ2n) is 10.5. The molecular formula is C32H28ClF4NO2S. The molecule has 1 saturated carbocycles. The average Bonchev–Trinajstić information content (AvgIpc) is 3.32. The van der Waals surface area contributed by atoms with E-state index in [0.717, 1.165) is 54.3 Å². The number of benzene rings is 3. The number of hydrogen-bond donors (Lipinski definition) is 0. The highest BCUT2D eigenvalue weighted by Gasteiger charge is 2.39. The Kier molecular flexibility index (Phi) is 8.52. The molecule has 41 heavy (non-hydrogen) atoms. The lowest BCUT2D eigenvalue weighted by atomic mass is 9.83. The van der Waals surface area contributed by atoms with E-state index in [9.17, 15) is 22.8 Å². The summed E-state index contributed by atoms with van der Waals surface area (Å²) in [5, 5.41) is 1.20. The molecule has 4 aromatic rings. The molecule has 0 atom stereocenters. The van der Waals surface area contributed by atoms with Crippen LogP contribution in [0.25, 0.3) is 21.2 Å². The highest BCUT2D eigenvalue weighted by molar-refractivity contribution is 7.21. The Morgan fingerprint density at radius 3 is 2.24 bits per heavy atom. The lowest BCUT2D eigenvalue weighted by Gasteiger charge is -2.37. The monoisotopic (exact) mass is 601 g/mol. The fourth-order valence-corrected chi connectivity index (χ4v) is 7.02. The number of alkyl halides is 3. The van der Waals surface area contributed by atoms with Crippen LogP contribution < -0.4 is 0 Å². The van der Waals surface area contributed by atoms with Gasteiger partial charge in [0.05, 0.1) is 5.02 Å². The standard InChI is InChI=1S/C32H28ClF4NO2S/c1-2-19-7-14-24(15-8-19)38(31(40)29-28(33)25-5-3-4-6-27(25)41-29)18-23-17-22(13-16-26(23)34)20-9-11-21(12-10-20)30(39)32(35,36)37/h3-6,9-13,16-17,19,24H,2,7-8,14-15,18H2,1H3. The minimum absolute atomic E-state index is 0.0230. The second-order valence-corrected chi connectivity index (χ2v) is 11.9. The summed E-state index contributed by atoms with van der Waals surface area (Å²) in [5.41, 5.74) is 0.914. The number of carbonyl (C=O) groups excluding carboxylic acids is 2. The minimum Gasteiger partial charge on any atom is -0.330 e. The molecule has 1 amide bonds. The number of Topliss-reactive ketones (excluding diaryl/α,β-unsaturated/α-hetero) is 1. The molecular weight excluding hydrogens is 574 g/mol. The van der Waals surface area contributed by atoms with Gasteiger partial charge in [-0.05, 0) is 60.9 Å². The maximum atomic E-state index is 15.2. The molecule has 1 heterocycles. The maximum Gasteiger partial charge on any atom is 0.454 e. The highest BCUT2D eigenvalue weighted by atomic mass is 35.5. The lowest BCUT2D eigenvalue weighted by Crippen LogP contribution is -2.42. The van der Waals surface area contributed by atoms with Crippen LogP contribution in [-0.2, 0) is 6.54 Å². The van der Waals surface area contributed by atoms with Crippen molar-refractivity contribution >= 4 is 44.7 Å². The molecule has 0 spiro atoms. The molecule has 0 aliphatic heterocycles. The quantitative estimate of drug-likeness (QED) is 0.156. The van der Waals surface area contributed by atoms with Crippen molar-refractivity contribution in [1.29, 1.82) is 0 Å². The molecule has 214 valence electrons. The Morgan fingerprint density at radius 1 is 0.951 bits per heavy atom. The first-order valence-corrected chi connectivity index (χ1v) is 14.7. The number of amides is 1. The van der Waals surface area contributed by atoms with Crippen LogP contribution in [0.4, 0.5) is 17.6 Å². The first-order chi connectivity index (χ1) is 19.6. The lowest BCUT2D eigenvalue weighted by molar-refractivity contribution is -0.0885. The minimum atomic E-state index is -4.96. The van der Waals surface area contributed by atoms with Crippen molar-refractivity contribution in [3.8, 4) is 11.1 Å².